The third kappa shape index (κ3) is 1.38. The number of hydroxylamine groups is 3. The van der Waals surface area contributed by atoms with Crippen molar-refractivity contribution in [3.8, 4) is 0 Å². The molecule has 6 aliphatic rings. The van der Waals surface area contributed by atoms with Crippen molar-refractivity contribution in [2.75, 3.05) is 25.5 Å². The molecule has 2 saturated heterocycles. The second-order valence-electron chi connectivity index (χ2n) is 9.41. The Balaban J connectivity index is 1.67. The van der Waals surface area contributed by atoms with Crippen molar-refractivity contribution in [1.29, 1.82) is 0 Å². The molecule has 0 unspecified atom stereocenters. The Hall–Kier alpha value is -1.59. The Morgan fingerprint density at radius 3 is 2.92 bits per heavy atom. The molecule has 3 aliphatic carbocycles. The van der Waals surface area contributed by atoms with Crippen LogP contribution in [0.2, 0.25) is 0 Å². The SMILES string of the molecule is COC(=O)[C@@H]1C[C@]23CCC[N@@+]4([O-])CC[C@]5(c6ccccc6N[C@@]15CC2)[C@@H]34. The molecule has 5 heteroatoms. The summed E-state index contributed by atoms with van der Waals surface area (Å²) in [4.78, 5) is 12.9. The number of piperidine rings is 1. The van der Waals surface area contributed by atoms with Crippen molar-refractivity contribution >= 4 is 11.7 Å². The number of nitrogens with one attached hydrogen (secondary N) is 1. The number of fused-ring (bicyclic) bond motifs is 3. The van der Waals surface area contributed by atoms with E-state index in [4.69, 9.17) is 4.74 Å². The van der Waals surface area contributed by atoms with E-state index < -0.39 is 0 Å². The monoisotopic (exact) mass is 354 g/mol. The van der Waals surface area contributed by atoms with Crippen LogP contribution in [0.15, 0.2) is 24.3 Å². The highest BCUT2D eigenvalue weighted by molar-refractivity contribution is 5.80. The normalized spacial score (nSPS) is 49.8. The fourth-order valence-corrected chi connectivity index (χ4v) is 8.34. The molecule has 1 aromatic carbocycles. The predicted octanol–water partition coefficient (Wildman–Crippen LogP) is 2.94. The zero-order valence-electron chi connectivity index (χ0n) is 15.3. The number of nitrogens with zero attached hydrogens (tertiary/aromatic N) is 1. The maximum absolute atomic E-state index is 14.0. The van der Waals surface area contributed by atoms with E-state index in [2.05, 4.69) is 29.6 Å². The number of anilines is 1. The van der Waals surface area contributed by atoms with Crippen LogP contribution >= 0.6 is 0 Å². The molecule has 2 bridgehead atoms. The van der Waals surface area contributed by atoms with E-state index in [0.29, 0.717) is 6.54 Å². The summed E-state index contributed by atoms with van der Waals surface area (Å²) in [6, 6.07) is 8.59. The van der Waals surface area contributed by atoms with Crippen LogP contribution in [0, 0.1) is 16.5 Å². The Morgan fingerprint density at radius 2 is 2.08 bits per heavy atom. The summed E-state index contributed by atoms with van der Waals surface area (Å²) in [5.74, 6) is -0.252. The second-order valence-corrected chi connectivity index (χ2v) is 9.41. The molecular formula is C21H26N2O3. The minimum absolute atomic E-state index is 0.00373. The van der Waals surface area contributed by atoms with E-state index in [1.54, 1.807) is 0 Å². The van der Waals surface area contributed by atoms with Crippen LogP contribution in [0.5, 0.6) is 0 Å². The summed E-state index contributed by atoms with van der Waals surface area (Å²) >= 11 is 0. The van der Waals surface area contributed by atoms with Crippen LogP contribution in [0.3, 0.4) is 0 Å². The fourth-order valence-electron chi connectivity index (χ4n) is 8.34. The Bertz CT molecular complexity index is 827. The lowest BCUT2D eigenvalue weighted by Crippen LogP contribution is -2.79. The number of methoxy groups -OCH3 is 1. The van der Waals surface area contributed by atoms with Crippen LogP contribution in [-0.2, 0) is 14.9 Å². The van der Waals surface area contributed by atoms with E-state index >= 15 is 0 Å². The Morgan fingerprint density at radius 1 is 1.23 bits per heavy atom. The number of rotatable bonds is 1. The zero-order valence-corrected chi connectivity index (χ0v) is 15.3. The summed E-state index contributed by atoms with van der Waals surface area (Å²) < 4.78 is 5.25. The first-order valence-corrected chi connectivity index (χ1v) is 10.0. The van der Waals surface area contributed by atoms with Crippen molar-refractivity contribution in [3.63, 3.8) is 0 Å². The fraction of sp³-hybridized carbons (Fsp3) is 0.667. The molecule has 7 rings (SSSR count). The number of hydrogen-bond donors (Lipinski definition) is 1. The van der Waals surface area contributed by atoms with Crippen molar-refractivity contribution < 1.29 is 14.2 Å². The van der Waals surface area contributed by atoms with Gasteiger partial charge in [0.05, 0.1) is 37.1 Å². The van der Waals surface area contributed by atoms with Crippen LogP contribution in [0.1, 0.15) is 44.1 Å². The third-order valence-electron chi connectivity index (χ3n) is 8.88. The molecule has 5 fully saturated rings. The number of esters is 1. The van der Waals surface area contributed by atoms with E-state index in [1.807, 2.05) is 0 Å². The number of benzene rings is 1. The molecule has 0 amide bonds. The first kappa shape index (κ1) is 15.5. The third-order valence-corrected chi connectivity index (χ3v) is 8.88. The number of carbonyl (C=O) groups excluding carboxylic acids is 1. The number of quaternary nitrogens is 1. The number of hydrogen-bond acceptors (Lipinski definition) is 4. The van der Waals surface area contributed by atoms with Crippen LogP contribution < -0.4 is 5.32 Å². The lowest BCUT2D eigenvalue weighted by atomic mass is 9.39. The molecule has 138 valence electrons. The quantitative estimate of drug-likeness (QED) is 0.478. The average Bonchev–Trinajstić information content (AvgIpc) is 3.15. The molecule has 3 aliphatic heterocycles. The van der Waals surface area contributed by atoms with Gasteiger partial charge in [-0.15, -0.1) is 0 Å². The van der Waals surface area contributed by atoms with Crippen molar-refractivity contribution in [3.05, 3.63) is 35.0 Å². The van der Waals surface area contributed by atoms with Gasteiger partial charge < -0.3 is 19.9 Å². The standard InChI is InChI=1S/C21H26N2O3/c1-26-17(24)15-13-19-7-4-11-23(25)12-10-20(18(19)23)14-5-2-3-6-16(14)22-21(15,20)9-8-19/h2-3,5-6,15,18,22H,4,7-13H2,1H3/t15-,18+,19-,20-,21-,23+/m0/s1. The topological polar surface area (TPSA) is 61.4 Å². The molecule has 6 atom stereocenters. The molecule has 0 radical (unpaired) electrons. The number of carbonyl (C=O) groups is 1. The second kappa shape index (κ2) is 4.45. The number of ether oxygens (including phenoxy) is 1. The maximum atomic E-state index is 14.0. The Labute approximate surface area is 153 Å². The molecule has 3 spiro atoms. The highest BCUT2D eigenvalue weighted by atomic mass is 16.6. The first-order chi connectivity index (χ1) is 12.5. The minimum Gasteiger partial charge on any atom is -0.633 e. The van der Waals surface area contributed by atoms with Crippen molar-refractivity contribution in [2.24, 2.45) is 11.3 Å². The largest absolute Gasteiger partial charge is 0.633 e. The summed E-state index contributed by atoms with van der Waals surface area (Å²) in [5.41, 5.74) is 1.86. The van der Waals surface area contributed by atoms with Crippen molar-refractivity contribution in [1.82, 2.24) is 0 Å². The molecule has 1 N–H and O–H groups in total. The Kier molecular flexibility index (Phi) is 2.65. The average molecular weight is 354 g/mol. The predicted molar refractivity (Wildman–Crippen MR) is 97.3 cm³/mol. The number of para-hydroxylation sites is 1. The van der Waals surface area contributed by atoms with Gasteiger partial charge in [0.2, 0.25) is 0 Å². The maximum Gasteiger partial charge on any atom is 0.311 e. The molecular weight excluding hydrogens is 328 g/mol. The van der Waals surface area contributed by atoms with Gasteiger partial charge in [-0.2, -0.15) is 0 Å². The van der Waals surface area contributed by atoms with Gasteiger partial charge in [-0.05, 0) is 43.7 Å². The van der Waals surface area contributed by atoms with Gasteiger partial charge in [0.15, 0.2) is 0 Å². The van der Waals surface area contributed by atoms with E-state index in [9.17, 15) is 10.0 Å². The van der Waals surface area contributed by atoms with Gasteiger partial charge in [-0.25, -0.2) is 0 Å². The van der Waals surface area contributed by atoms with Gasteiger partial charge in [0, 0.05) is 17.5 Å². The highest BCUT2D eigenvalue weighted by Gasteiger charge is 2.82. The molecule has 26 heavy (non-hydrogen) atoms. The summed E-state index contributed by atoms with van der Waals surface area (Å²) in [7, 11) is 1.51. The lowest BCUT2D eigenvalue weighted by Gasteiger charge is -2.70. The molecule has 3 saturated carbocycles. The van der Waals surface area contributed by atoms with Gasteiger partial charge in [-0.3, -0.25) is 4.79 Å². The van der Waals surface area contributed by atoms with E-state index in [-0.39, 0.29) is 38.9 Å². The van der Waals surface area contributed by atoms with Crippen LogP contribution in [0.4, 0.5) is 5.69 Å². The van der Waals surface area contributed by atoms with Gasteiger partial charge >= 0.3 is 5.97 Å². The first-order valence-electron chi connectivity index (χ1n) is 10.0. The minimum atomic E-state index is -0.349. The van der Waals surface area contributed by atoms with Crippen molar-refractivity contribution in [2.45, 2.75) is 55.5 Å². The lowest BCUT2D eigenvalue weighted by molar-refractivity contribution is -0.911. The van der Waals surface area contributed by atoms with Gasteiger partial charge in [0.25, 0.3) is 0 Å². The molecule has 0 aromatic heterocycles. The molecule has 5 nitrogen and oxygen atoms in total. The molecule has 3 heterocycles. The van der Waals surface area contributed by atoms with Crippen LogP contribution in [0.25, 0.3) is 0 Å². The van der Waals surface area contributed by atoms with E-state index in [0.717, 1.165) is 50.8 Å². The summed E-state index contributed by atoms with van der Waals surface area (Å²) in [6.07, 6.45) is 5.82. The van der Waals surface area contributed by atoms with Gasteiger partial charge in [0.1, 0.15) is 6.04 Å². The van der Waals surface area contributed by atoms with E-state index in [1.165, 1.54) is 12.7 Å². The van der Waals surface area contributed by atoms with Crippen LogP contribution in [-0.4, -0.2) is 42.4 Å². The summed E-state index contributed by atoms with van der Waals surface area (Å²) in [5, 5.41) is 17.8. The smallest absolute Gasteiger partial charge is 0.311 e. The van der Waals surface area contributed by atoms with Gasteiger partial charge in [-0.1, -0.05) is 18.2 Å². The summed E-state index contributed by atoms with van der Waals surface area (Å²) in [6.45, 7) is 1.44. The zero-order chi connectivity index (χ0) is 17.8. The highest BCUT2D eigenvalue weighted by Crippen LogP contribution is 2.75. The molecule has 1 aromatic rings.